The Morgan fingerprint density at radius 1 is 0.721 bits per heavy atom. The first kappa shape index (κ1) is 39.7. The Morgan fingerprint density at radius 3 is 1.63 bits per heavy atom. The highest BCUT2D eigenvalue weighted by atomic mass is 127. The van der Waals surface area contributed by atoms with Gasteiger partial charge in [-0.1, -0.05) is 134 Å². The Hall–Kier alpha value is -1.33. The zero-order valence-corrected chi connectivity index (χ0v) is 29.1. The van der Waals surface area contributed by atoms with E-state index in [1.807, 2.05) is 0 Å². The van der Waals surface area contributed by atoms with Crippen molar-refractivity contribution in [2.24, 2.45) is 0 Å². The lowest BCUT2D eigenvalue weighted by atomic mass is 10.0. The van der Waals surface area contributed by atoms with Crippen molar-refractivity contribution in [3.63, 3.8) is 0 Å². The molecule has 0 aliphatic carbocycles. The third kappa shape index (κ3) is 20.3. The number of alkyl halides is 4. The van der Waals surface area contributed by atoms with E-state index in [0.29, 0.717) is 0 Å². The summed E-state index contributed by atoms with van der Waals surface area (Å²) in [6.07, 6.45) is 23.5. The van der Waals surface area contributed by atoms with Gasteiger partial charge in [-0.2, -0.15) is 13.2 Å². The summed E-state index contributed by atoms with van der Waals surface area (Å²) in [7, 11) is -6.09. The van der Waals surface area contributed by atoms with Crippen LogP contribution in [-0.4, -0.2) is 29.5 Å². The molecule has 0 saturated carbocycles. The highest BCUT2D eigenvalue weighted by Gasteiger charge is 2.36. The maximum absolute atomic E-state index is 10.7. The van der Waals surface area contributed by atoms with Crippen molar-refractivity contribution in [2.75, 3.05) is 11.0 Å². The van der Waals surface area contributed by atoms with Crippen molar-refractivity contribution in [3.05, 3.63) is 63.2 Å². The van der Waals surface area contributed by atoms with Gasteiger partial charge in [-0.15, -0.1) is 0 Å². The minimum absolute atomic E-state index is 0.105. The summed E-state index contributed by atoms with van der Waals surface area (Å²) in [5, 5.41) is 0. The SMILES string of the molecule is CCCCCCCCCCCCCCCCCCOc1ccc([I+]CC)c(Cc2ccccc2)c1.O=S(=O)([O-])C(F)(F)F. The van der Waals surface area contributed by atoms with E-state index in [4.69, 9.17) is 17.7 Å². The van der Waals surface area contributed by atoms with E-state index < -0.39 is 15.6 Å². The van der Waals surface area contributed by atoms with Gasteiger partial charge in [0.05, 0.1) is 6.61 Å². The second kappa shape index (κ2) is 24.0. The van der Waals surface area contributed by atoms with Crippen LogP contribution in [0.25, 0.3) is 0 Å². The van der Waals surface area contributed by atoms with Crippen LogP contribution >= 0.6 is 0 Å². The summed E-state index contributed by atoms with van der Waals surface area (Å²) in [5.74, 6) is 1.06. The molecule has 0 aliphatic rings. The minimum atomic E-state index is -6.09. The second-order valence-corrected chi connectivity index (χ2v) is 15.7. The molecule has 0 atom stereocenters. The lowest BCUT2D eigenvalue weighted by Gasteiger charge is -2.09. The zero-order chi connectivity index (χ0) is 31.8. The normalized spacial score (nSPS) is 11.7. The third-order valence-electron chi connectivity index (χ3n) is 7.08. The Labute approximate surface area is 269 Å². The van der Waals surface area contributed by atoms with E-state index in [9.17, 15) is 13.2 Å². The smallest absolute Gasteiger partial charge is 0.485 e. The summed E-state index contributed by atoms with van der Waals surface area (Å²) in [6, 6.07) is 17.7. The van der Waals surface area contributed by atoms with E-state index in [-0.39, 0.29) is 21.2 Å². The number of unbranched alkanes of at least 4 members (excludes halogenated alkanes) is 15. The first-order chi connectivity index (χ1) is 20.6. The number of hydrogen-bond donors (Lipinski definition) is 0. The number of benzene rings is 2. The van der Waals surface area contributed by atoms with E-state index in [2.05, 4.69) is 62.4 Å². The minimum Gasteiger partial charge on any atom is -0.741 e. The maximum Gasteiger partial charge on any atom is 0.485 e. The highest BCUT2D eigenvalue weighted by molar-refractivity contribution is 7.86. The molecule has 0 spiro atoms. The van der Waals surface area contributed by atoms with Gasteiger partial charge < -0.3 is 9.29 Å². The average Bonchev–Trinajstić information content (AvgIpc) is 2.96. The first-order valence-electron chi connectivity index (χ1n) is 16.0. The number of ether oxygens (including phenoxy) is 1. The molecule has 0 N–H and O–H groups in total. The van der Waals surface area contributed by atoms with Crippen LogP contribution in [0, 0.1) is 3.57 Å². The van der Waals surface area contributed by atoms with Crippen molar-refractivity contribution in [2.45, 2.75) is 129 Å². The van der Waals surface area contributed by atoms with Gasteiger partial charge >= 0.3 is 26.7 Å². The summed E-state index contributed by atoms with van der Waals surface area (Å²) in [4.78, 5) is 0. The van der Waals surface area contributed by atoms with Crippen molar-refractivity contribution >= 4 is 10.1 Å². The molecule has 0 bridgehead atoms. The van der Waals surface area contributed by atoms with E-state index in [0.717, 1.165) is 18.8 Å². The molecule has 0 aromatic heterocycles. The fraction of sp³-hybridized carbons (Fsp3) is 0.647. The molecule has 2 aromatic carbocycles. The molecule has 43 heavy (non-hydrogen) atoms. The van der Waals surface area contributed by atoms with Crippen molar-refractivity contribution in [1.29, 1.82) is 0 Å². The summed E-state index contributed by atoms with van der Waals surface area (Å²) >= 11 is 0.105. The molecule has 246 valence electrons. The van der Waals surface area contributed by atoms with Crippen molar-refractivity contribution < 1.29 is 52.1 Å². The van der Waals surface area contributed by atoms with Crippen molar-refractivity contribution in [1.82, 2.24) is 0 Å². The first-order valence-corrected chi connectivity index (χ1v) is 20.0. The monoisotopic (exact) mass is 740 g/mol. The fourth-order valence-electron chi connectivity index (χ4n) is 4.71. The Balaban J connectivity index is 0.00000101. The van der Waals surface area contributed by atoms with Gasteiger partial charge in [0, 0.05) is 12.0 Å². The Morgan fingerprint density at radius 2 is 1.19 bits per heavy atom. The van der Waals surface area contributed by atoms with Crippen LogP contribution in [0.5, 0.6) is 5.75 Å². The standard InChI is InChI=1S/C33H52IO.CHF3O3S/c1-3-5-6-7-8-9-10-11-12-13-14-15-16-17-18-22-27-35-32-25-26-33(34-4-2)31(29-32)28-30-23-20-19-21-24-30;2-1(3,4)8(5,6)7/h19-21,23-26,29H,3-18,22,27-28H2,1-2H3;(H,5,6,7)/q+1;/p-1. The van der Waals surface area contributed by atoms with Crippen LogP contribution in [0.4, 0.5) is 13.2 Å². The number of rotatable bonds is 22. The van der Waals surface area contributed by atoms with Crippen LogP contribution in [0.15, 0.2) is 48.5 Å². The third-order valence-corrected chi connectivity index (χ3v) is 10.3. The molecule has 0 amide bonds. The quantitative estimate of drug-likeness (QED) is 0.0420. The maximum atomic E-state index is 10.7. The van der Waals surface area contributed by atoms with Crippen molar-refractivity contribution in [3.8, 4) is 5.75 Å². The highest BCUT2D eigenvalue weighted by Crippen LogP contribution is 2.21. The lowest BCUT2D eigenvalue weighted by molar-refractivity contribution is -0.624. The molecule has 0 aliphatic heterocycles. The van der Waals surface area contributed by atoms with Crippen LogP contribution in [0.3, 0.4) is 0 Å². The summed E-state index contributed by atoms with van der Waals surface area (Å²) < 4.78 is 67.9. The lowest BCUT2D eigenvalue weighted by Crippen LogP contribution is -3.62. The molecule has 0 fully saturated rings. The molecule has 0 unspecified atom stereocenters. The van der Waals surface area contributed by atoms with Crippen LogP contribution in [0.2, 0.25) is 0 Å². The van der Waals surface area contributed by atoms with Crippen LogP contribution < -0.4 is 25.9 Å². The van der Waals surface area contributed by atoms with Gasteiger partial charge in [0.2, 0.25) is 0 Å². The van der Waals surface area contributed by atoms with Crippen LogP contribution in [0.1, 0.15) is 128 Å². The van der Waals surface area contributed by atoms with E-state index >= 15 is 0 Å². The predicted octanol–water partition coefficient (Wildman–Crippen LogP) is 7.25. The molecule has 0 saturated heterocycles. The van der Waals surface area contributed by atoms with Gasteiger partial charge in [0.25, 0.3) is 0 Å². The van der Waals surface area contributed by atoms with Gasteiger partial charge in [-0.3, -0.25) is 0 Å². The Bertz CT molecular complexity index is 1060. The van der Waals surface area contributed by atoms with Gasteiger partial charge in [-0.25, -0.2) is 8.42 Å². The van der Waals surface area contributed by atoms with Gasteiger partial charge in [0.1, 0.15) is 10.2 Å². The van der Waals surface area contributed by atoms with Gasteiger partial charge in [-0.05, 0) is 37.1 Å². The Kier molecular flexibility index (Phi) is 22.1. The number of halogens is 4. The fourth-order valence-corrected chi connectivity index (χ4v) is 6.80. The summed E-state index contributed by atoms with van der Waals surface area (Å²) in [5.41, 5.74) is -2.79. The molecular formula is C34H52F3IO4S. The second-order valence-electron chi connectivity index (χ2n) is 10.9. The molecule has 2 aromatic rings. The van der Waals surface area contributed by atoms with Crippen LogP contribution in [-0.2, 0) is 16.5 Å². The van der Waals surface area contributed by atoms with E-state index in [1.54, 1.807) is 3.57 Å². The molecule has 0 heterocycles. The summed E-state index contributed by atoms with van der Waals surface area (Å²) in [6.45, 7) is 5.46. The largest absolute Gasteiger partial charge is 0.741 e. The molecular weight excluding hydrogens is 688 g/mol. The topological polar surface area (TPSA) is 66.4 Å². The zero-order valence-electron chi connectivity index (χ0n) is 26.1. The molecule has 4 nitrogen and oxygen atoms in total. The predicted molar refractivity (Wildman–Crippen MR) is 166 cm³/mol. The van der Waals surface area contributed by atoms with Gasteiger partial charge in [0.15, 0.2) is 13.7 Å². The van der Waals surface area contributed by atoms with E-state index in [1.165, 1.54) is 118 Å². The average molecular weight is 741 g/mol. The molecule has 0 radical (unpaired) electrons. The number of hydrogen-bond acceptors (Lipinski definition) is 4. The molecule has 2 rings (SSSR count). The molecule has 9 heteroatoms.